The summed E-state index contributed by atoms with van der Waals surface area (Å²) < 4.78 is 40.0. The molecule has 0 aliphatic rings. The number of halogens is 3. The zero-order chi connectivity index (χ0) is 20.0. The molecule has 0 spiro atoms. The minimum Gasteiger partial charge on any atom is -0.334 e. The highest BCUT2D eigenvalue weighted by Gasteiger charge is 2.30. The van der Waals surface area contributed by atoms with Gasteiger partial charge in [-0.15, -0.1) is 0 Å². The van der Waals surface area contributed by atoms with E-state index >= 15 is 0 Å². The molecule has 8 heteroatoms. The van der Waals surface area contributed by atoms with Gasteiger partial charge in [-0.1, -0.05) is 36.4 Å². The van der Waals surface area contributed by atoms with Gasteiger partial charge in [0.1, 0.15) is 0 Å². The predicted molar refractivity (Wildman–Crippen MR) is 98.3 cm³/mol. The minimum atomic E-state index is -4.41. The van der Waals surface area contributed by atoms with Crippen molar-refractivity contribution < 1.29 is 18.0 Å². The van der Waals surface area contributed by atoms with Crippen LogP contribution < -0.4 is 10.6 Å². The monoisotopic (exact) mass is 388 g/mol. The Morgan fingerprint density at radius 3 is 2.43 bits per heavy atom. The second-order valence-electron chi connectivity index (χ2n) is 6.21. The lowest BCUT2D eigenvalue weighted by Gasteiger charge is -2.12. The van der Waals surface area contributed by atoms with Gasteiger partial charge in [-0.05, 0) is 34.9 Å². The smallest absolute Gasteiger partial charge is 0.334 e. The van der Waals surface area contributed by atoms with Gasteiger partial charge in [0, 0.05) is 25.5 Å². The summed E-state index contributed by atoms with van der Waals surface area (Å²) in [5, 5.41) is 9.48. The minimum absolute atomic E-state index is 0.00465. The van der Waals surface area contributed by atoms with Crippen LogP contribution in [0.5, 0.6) is 0 Å². The fourth-order valence-corrected chi connectivity index (χ4v) is 2.73. The molecule has 0 saturated heterocycles. The first-order valence-electron chi connectivity index (χ1n) is 8.64. The summed E-state index contributed by atoms with van der Waals surface area (Å²) in [6, 6.07) is 13.9. The molecule has 0 aliphatic heterocycles. The number of aromatic nitrogens is 2. The summed E-state index contributed by atoms with van der Waals surface area (Å²) in [5.41, 5.74) is 1.60. The maximum atomic E-state index is 12.7. The molecule has 28 heavy (non-hydrogen) atoms. The Morgan fingerprint density at radius 1 is 0.964 bits per heavy atom. The summed E-state index contributed by atoms with van der Waals surface area (Å²) in [7, 11) is 0. The van der Waals surface area contributed by atoms with Crippen molar-refractivity contribution in [2.75, 3.05) is 0 Å². The number of rotatable bonds is 6. The van der Waals surface area contributed by atoms with Crippen LogP contribution in [0, 0.1) is 0 Å². The van der Waals surface area contributed by atoms with Gasteiger partial charge in [0.2, 0.25) is 0 Å². The first-order valence-corrected chi connectivity index (χ1v) is 8.64. The number of nitrogens with zero attached hydrogens (tertiary/aromatic N) is 2. The first-order chi connectivity index (χ1) is 13.4. The quantitative estimate of drug-likeness (QED) is 0.672. The number of hydrogen-bond donors (Lipinski definition) is 2. The molecular formula is C20H19F3N4O. The third-order valence-electron chi connectivity index (χ3n) is 4.16. The Balaban J connectivity index is 1.54. The van der Waals surface area contributed by atoms with Crippen LogP contribution in [0.4, 0.5) is 18.0 Å². The summed E-state index contributed by atoms with van der Waals surface area (Å²) in [6.45, 7) is 0.882. The van der Waals surface area contributed by atoms with Gasteiger partial charge in [0.05, 0.1) is 12.1 Å². The number of amides is 2. The van der Waals surface area contributed by atoms with E-state index in [0.717, 1.165) is 23.3 Å². The van der Waals surface area contributed by atoms with Crippen LogP contribution in [0.1, 0.15) is 22.3 Å². The van der Waals surface area contributed by atoms with E-state index in [2.05, 4.69) is 15.7 Å². The molecule has 0 unspecified atom stereocenters. The van der Waals surface area contributed by atoms with Crippen LogP contribution in [0.15, 0.2) is 67.0 Å². The molecule has 2 aromatic carbocycles. The van der Waals surface area contributed by atoms with E-state index in [-0.39, 0.29) is 6.54 Å². The fraction of sp³-hybridized carbons (Fsp3) is 0.200. The molecule has 146 valence electrons. The van der Waals surface area contributed by atoms with Crippen LogP contribution in [-0.4, -0.2) is 15.8 Å². The van der Waals surface area contributed by atoms with E-state index in [1.54, 1.807) is 10.9 Å². The molecule has 2 N–H and O–H groups in total. The van der Waals surface area contributed by atoms with Crippen molar-refractivity contribution in [3.8, 4) is 0 Å². The van der Waals surface area contributed by atoms with Gasteiger partial charge < -0.3 is 10.6 Å². The van der Waals surface area contributed by atoms with Gasteiger partial charge in [-0.2, -0.15) is 18.3 Å². The second-order valence-corrected chi connectivity index (χ2v) is 6.21. The number of hydrogen-bond acceptors (Lipinski definition) is 2. The van der Waals surface area contributed by atoms with E-state index in [1.165, 1.54) is 12.1 Å². The lowest BCUT2D eigenvalue weighted by atomic mass is 10.1. The number of benzene rings is 2. The highest BCUT2D eigenvalue weighted by atomic mass is 19.4. The number of carbonyl (C=O) groups is 1. The number of nitrogens with one attached hydrogen (secondary N) is 2. The largest absolute Gasteiger partial charge is 0.416 e. The maximum absolute atomic E-state index is 12.7. The molecule has 0 bridgehead atoms. The zero-order valence-corrected chi connectivity index (χ0v) is 14.9. The zero-order valence-electron chi connectivity index (χ0n) is 14.9. The van der Waals surface area contributed by atoms with E-state index in [4.69, 9.17) is 0 Å². The van der Waals surface area contributed by atoms with Crippen LogP contribution in [0.2, 0.25) is 0 Å². The van der Waals surface area contributed by atoms with Crippen molar-refractivity contribution in [1.29, 1.82) is 0 Å². The molecule has 1 heterocycles. The average molecular weight is 388 g/mol. The van der Waals surface area contributed by atoms with E-state index < -0.39 is 17.8 Å². The van der Waals surface area contributed by atoms with Crippen molar-refractivity contribution >= 4 is 6.03 Å². The van der Waals surface area contributed by atoms with E-state index in [1.807, 2.05) is 36.5 Å². The Kier molecular flexibility index (Phi) is 5.98. The summed E-state index contributed by atoms with van der Waals surface area (Å²) >= 11 is 0. The van der Waals surface area contributed by atoms with Crippen LogP contribution in [0.3, 0.4) is 0 Å². The first kappa shape index (κ1) is 19.5. The second kappa shape index (κ2) is 8.60. The van der Waals surface area contributed by atoms with Crippen molar-refractivity contribution in [3.63, 3.8) is 0 Å². The summed E-state index contributed by atoms with van der Waals surface area (Å²) in [6.07, 6.45) is -0.857. The molecule has 0 radical (unpaired) electrons. The molecule has 3 aromatic rings. The fourth-order valence-electron chi connectivity index (χ4n) is 2.73. The van der Waals surface area contributed by atoms with Gasteiger partial charge in [0.25, 0.3) is 0 Å². The molecule has 3 rings (SSSR count). The SMILES string of the molecule is O=C(NCc1cccc(C(F)(F)F)c1)NCc1ccccc1Cn1cccn1. The highest BCUT2D eigenvalue weighted by Crippen LogP contribution is 2.29. The van der Waals surface area contributed by atoms with Gasteiger partial charge in [0.15, 0.2) is 0 Å². The van der Waals surface area contributed by atoms with Gasteiger partial charge in [-0.3, -0.25) is 4.68 Å². The van der Waals surface area contributed by atoms with Crippen LogP contribution in [0.25, 0.3) is 0 Å². The number of alkyl halides is 3. The van der Waals surface area contributed by atoms with Crippen molar-refractivity contribution in [3.05, 3.63) is 89.2 Å². The molecule has 0 atom stereocenters. The molecule has 0 fully saturated rings. The Morgan fingerprint density at radius 2 is 1.71 bits per heavy atom. The third kappa shape index (κ3) is 5.35. The Labute approximate surface area is 160 Å². The lowest BCUT2D eigenvalue weighted by molar-refractivity contribution is -0.137. The van der Waals surface area contributed by atoms with E-state index in [0.29, 0.717) is 18.7 Å². The maximum Gasteiger partial charge on any atom is 0.416 e. The molecule has 1 aromatic heterocycles. The average Bonchev–Trinajstić information content (AvgIpc) is 3.18. The normalized spacial score (nSPS) is 11.2. The van der Waals surface area contributed by atoms with Gasteiger partial charge in [-0.25, -0.2) is 4.79 Å². The molecule has 0 saturated carbocycles. The molecule has 5 nitrogen and oxygen atoms in total. The van der Waals surface area contributed by atoms with Gasteiger partial charge >= 0.3 is 12.2 Å². The van der Waals surface area contributed by atoms with Crippen LogP contribution >= 0.6 is 0 Å². The standard InChI is InChI=1S/C20H19F3N4O/c21-20(22,23)18-8-3-5-15(11-18)12-24-19(28)25-13-16-6-1-2-7-17(16)14-27-10-4-9-26-27/h1-11H,12-14H2,(H2,24,25,28). The number of carbonyl (C=O) groups excluding carboxylic acids is 1. The topological polar surface area (TPSA) is 59.0 Å². The Hall–Kier alpha value is -3.29. The summed E-state index contributed by atoms with van der Waals surface area (Å²) in [5.74, 6) is 0. The Bertz CT molecular complexity index is 923. The predicted octanol–water partition coefficient (Wildman–Crippen LogP) is 3.95. The number of urea groups is 1. The molecule has 2 amide bonds. The summed E-state index contributed by atoms with van der Waals surface area (Å²) in [4.78, 5) is 12.0. The molecular weight excluding hydrogens is 369 g/mol. The van der Waals surface area contributed by atoms with Crippen molar-refractivity contribution in [1.82, 2.24) is 20.4 Å². The van der Waals surface area contributed by atoms with Crippen molar-refractivity contribution in [2.45, 2.75) is 25.8 Å². The van der Waals surface area contributed by atoms with E-state index in [9.17, 15) is 18.0 Å². The van der Waals surface area contributed by atoms with Crippen LogP contribution in [-0.2, 0) is 25.8 Å². The lowest BCUT2D eigenvalue weighted by Crippen LogP contribution is -2.34. The third-order valence-corrected chi connectivity index (χ3v) is 4.16. The van der Waals surface area contributed by atoms with Crippen molar-refractivity contribution in [2.24, 2.45) is 0 Å². The molecule has 0 aliphatic carbocycles. The highest BCUT2D eigenvalue weighted by molar-refractivity contribution is 5.73.